The molecule has 3 rings (SSSR count). The zero-order valence-corrected chi connectivity index (χ0v) is 12.6. The lowest BCUT2D eigenvalue weighted by molar-refractivity contribution is 0.273. The zero-order chi connectivity index (χ0) is 13.2. The standard InChI is InChI=1S/C15H18BrN3/c16-14-9-12(10-17)4-5-15(14)19-8-2-7-18-6-1-3-13(18)11-19/h4-5,9,13H,1-3,6-8,11H2. The van der Waals surface area contributed by atoms with Crippen molar-refractivity contribution in [1.82, 2.24) is 4.90 Å². The second kappa shape index (κ2) is 5.52. The second-order valence-electron chi connectivity index (χ2n) is 5.41. The van der Waals surface area contributed by atoms with E-state index in [0.717, 1.165) is 17.6 Å². The average Bonchev–Trinajstić information content (AvgIpc) is 2.76. The lowest BCUT2D eigenvalue weighted by Gasteiger charge is -2.28. The molecular formula is C15H18BrN3. The maximum atomic E-state index is 8.94. The summed E-state index contributed by atoms with van der Waals surface area (Å²) in [5.74, 6) is 0. The molecule has 2 fully saturated rings. The van der Waals surface area contributed by atoms with Crippen LogP contribution in [0, 0.1) is 11.3 Å². The Morgan fingerprint density at radius 3 is 2.84 bits per heavy atom. The molecule has 1 atom stereocenters. The number of nitrogens with zero attached hydrogens (tertiary/aromatic N) is 3. The molecular weight excluding hydrogens is 302 g/mol. The van der Waals surface area contributed by atoms with Gasteiger partial charge in [-0.3, -0.25) is 4.90 Å². The summed E-state index contributed by atoms with van der Waals surface area (Å²) < 4.78 is 1.04. The number of hydrogen-bond donors (Lipinski definition) is 0. The third kappa shape index (κ3) is 2.63. The normalized spacial score (nSPS) is 23.8. The van der Waals surface area contributed by atoms with E-state index in [4.69, 9.17) is 5.26 Å². The summed E-state index contributed by atoms with van der Waals surface area (Å²) in [6, 6.07) is 8.82. The van der Waals surface area contributed by atoms with Crippen molar-refractivity contribution in [2.75, 3.05) is 31.1 Å². The molecule has 1 unspecified atom stereocenters. The van der Waals surface area contributed by atoms with Crippen LogP contribution in [0.2, 0.25) is 0 Å². The summed E-state index contributed by atoms with van der Waals surface area (Å²) in [6.45, 7) is 4.73. The molecule has 100 valence electrons. The molecule has 2 heterocycles. The first-order valence-electron chi connectivity index (χ1n) is 6.96. The molecule has 1 aromatic rings. The third-order valence-electron chi connectivity index (χ3n) is 4.22. The fourth-order valence-electron chi connectivity index (χ4n) is 3.26. The number of halogens is 1. The van der Waals surface area contributed by atoms with E-state index >= 15 is 0 Å². The van der Waals surface area contributed by atoms with E-state index in [0.29, 0.717) is 11.6 Å². The summed E-state index contributed by atoms with van der Waals surface area (Å²) in [6.07, 6.45) is 3.89. The number of rotatable bonds is 1. The van der Waals surface area contributed by atoms with Crippen molar-refractivity contribution in [1.29, 1.82) is 5.26 Å². The maximum Gasteiger partial charge on any atom is 0.0992 e. The molecule has 0 aliphatic carbocycles. The topological polar surface area (TPSA) is 30.3 Å². The van der Waals surface area contributed by atoms with Crippen molar-refractivity contribution in [2.24, 2.45) is 0 Å². The monoisotopic (exact) mass is 319 g/mol. The van der Waals surface area contributed by atoms with Crippen LogP contribution in [0.5, 0.6) is 0 Å². The number of nitriles is 1. The van der Waals surface area contributed by atoms with Crippen LogP contribution in [-0.2, 0) is 0 Å². The van der Waals surface area contributed by atoms with Gasteiger partial charge >= 0.3 is 0 Å². The highest BCUT2D eigenvalue weighted by Gasteiger charge is 2.29. The molecule has 0 bridgehead atoms. The highest BCUT2D eigenvalue weighted by Crippen LogP contribution is 2.30. The van der Waals surface area contributed by atoms with E-state index in [1.807, 2.05) is 12.1 Å². The Kier molecular flexibility index (Phi) is 3.76. The van der Waals surface area contributed by atoms with Gasteiger partial charge in [0.1, 0.15) is 0 Å². The van der Waals surface area contributed by atoms with Gasteiger partial charge in [0.15, 0.2) is 0 Å². The van der Waals surface area contributed by atoms with Crippen molar-refractivity contribution in [3.63, 3.8) is 0 Å². The molecule has 0 saturated carbocycles. The van der Waals surface area contributed by atoms with Gasteiger partial charge in [-0.1, -0.05) is 0 Å². The van der Waals surface area contributed by atoms with Crippen LogP contribution in [0.3, 0.4) is 0 Å². The highest BCUT2D eigenvalue weighted by atomic mass is 79.9. The number of benzene rings is 1. The molecule has 4 heteroatoms. The van der Waals surface area contributed by atoms with Crippen LogP contribution in [0.1, 0.15) is 24.8 Å². The molecule has 19 heavy (non-hydrogen) atoms. The highest BCUT2D eigenvalue weighted by molar-refractivity contribution is 9.10. The molecule has 2 aliphatic rings. The minimum Gasteiger partial charge on any atom is -0.369 e. The Morgan fingerprint density at radius 1 is 1.21 bits per heavy atom. The van der Waals surface area contributed by atoms with Crippen LogP contribution in [0.15, 0.2) is 22.7 Å². The molecule has 2 aliphatic heterocycles. The lowest BCUT2D eigenvalue weighted by atomic mass is 10.1. The van der Waals surface area contributed by atoms with Gasteiger partial charge in [0.2, 0.25) is 0 Å². The number of fused-ring (bicyclic) bond motifs is 1. The van der Waals surface area contributed by atoms with E-state index < -0.39 is 0 Å². The van der Waals surface area contributed by atoms with Crippen molar-refractivity contribution in [3.8, 4) is 6.07 Å². The predicted octanol–water partition coefficient (Wildman–Crippen LogP) is 3.00. The summed E-state index contributed by atoms with van der Waals surface area (Å²) in [5, 5.41) is 8.94. The Morgan fingerprint density at radius 2 is 2.05 bits per heavy atom. The fraction of sp³-hybridized carbons (Fsp3) is 0.533. The molecule has 3 nitrogen and oxygen atoms in total. The Bertz CT molecular complexity index is 509. The smallest absolute Gasteiger partial charge is 0.0992 e. The molecule has 2 saturated heterocycles. The van der Waals surface area contributed by atoms with Gasteiger partial charge in [-0.15, -0.1) is 0 Å². The minimum absolute atomic E-state index is 0.713. The van der Waals surface area contributed by atoms with E-state index in [-0.39, 0.29) is 0 Å². The predicted molar refractivity (Wildman–Crippen MR) is 80.3 cm³/mol. The quantitative estimate of drug-likeness (QED) is 0.797. The van der Waals surface area contributed by atoms with Crippen LogP contribution in [-0.4, -0.2) is 37.1 Å². The number of hydrogen-bond acceptors (Lipinski definition) is 3. The SMILES string of the molecule is N#Cc1ccc(N2CCCN3CCCC3C2)c(Br)c1. The van der Waals surface area contributed by atoms with Crippen molar-refractivity contribution in [3.05, 3.63) is 28.2 Å². The summed E-state index contributed by atoms with van der Waals surface area (Å²) in [5.41, 5.74) is 1.95. The minimum atomic E-state index is 0.713. The zero-order valence-electron chi connectivity index (χ0n) is 11.0. The van der Waals surface area contributed by atoms with Gasteiger partial charge < -0.3 is 4.90 Å². The van der Waals surface area contributed by atoms with Gasteiger partial charge in [0.05, 0.1) is 17.3 Å². The van der Waals surface area contributed by atoms with Crippen molar-refractivity contribution in [2.45, 2.75) is 25.3 Å². The average molecular weight is 320 g/mol. The Labute approximate surface area is 122 Å². The largest absolute Gasteiger partial charge is 0.369 e. The van der Waals surface area contributed by atoms with Crippen molar-refractivity contribution < 1.29 is 0 Å². The third-order valence-corrected chi connectivity index (χ3v) is 4.86. The first kappa shape index (κ1) is 13.0. The van der Waals surface area contributed by atoms with Gasteiger partial charge in [0, 0.05) is 30.1 Å². The first-order valence-corrected chi connectivity index (χ1v) is 7.76. The molecule has 0 aromatic heterocycles. The first-order chi connectivity index (χ1) is 9.28. The maximum absolute atomic E-state index is 8.94. The van der Waals surface area contributed by atoms with Crippen LogP contribution in [0.4, 0.5) is 5.69 Å². The van der Waals surface area contributed by atoms with E-state index in [9.17, 15) is 0 Å². The van der Waals surface area contributed by atoms with Gasteiger partial charge in [0.25, 0.3) is 0 Å². The number of anilines is 1. The van der Waals surface area contributed by atoms with Crippen LogP contribution < -0.4 is 4.90 Å². The summed E-state index contributed by atoms with van der Waals surface area (Å²) >= 11 is 3.62. The lowest BCUT2D eigenvalue weighted by Crippen LogP contribution is -2.36. The van der Waals surface area contributed by atoms with E-state index in [1.165, 1.54) is 38.0 Å². The van der Waals surface area contributed by atoms with Crippen molar-refractivity contribution >= 4 is 21.6 Å². The van der Waals surface area contributed by atoms with Crippen LogP contribution >= 0.6 is 15.9 Å². The molecule has 0 N–H and O–H groups in total. The summed E-state index contributed by atoms with van der Waals surface area (Å²) in [7, 11) is 0. The van der Waals surface area contributed by atoms with Crippen LogP contribution in [0.25, 0.3) is 0 Å². The molecule has 0 spiro atoms. The van der Waals surface area contributed by atoms with E-state index in [2.05, 4.69) is 37.9 Å². The Balaban J connectivity index is 1.83. The summed E-state index contributed by atoms with van der Waals surface area (Å²) in [4.78, 5) is 5.11. The van der Waals surface area contributed by atoms with E-state index in [1.54, 1.807) is 0 Å². The van der Waals surface area contributed by atoms with Gasteiger partial charge in [-0.05, 0) is 59.9 Å². The van der Waals surface area contributed by atoms with Gasteiger partial charge in [-0.25, -0.2) is 0 Å². The Hall–Kier alpha value is -1.05. The molecule has 1 aromatic carbocycles. The molecule has 0 amide bonds. The molecule has 0 radical (unpaired) electrons. The second-order valence-corrected chi connectivity index (χ2v) is 6.26. The fourth-order valence-corrected chi connectivity index (χ4v) is 3.89. The van der Waals surface area contributed by atoms with Gasteiger partial charge in [-0.2, -0.15) is 5.26 Å².